The lowest BCUT2D eigenvalue weighted by Crippen LogP contribution is -2.28. The molecule has 0 atom stereocenters. The van der Waals surface area contributed by atoms with Crippen LogP contribution in [0.15, 0.2) is 55.1 Å². The van der Waals surface area contributed by atoms with Crippen LogP contribution in [0.1, 0.15) is 19.3 Å². The first-order valence-corrected chi connectivity index (χ1v) is 13.0. The maximum absolute atomic E-state index is 12.4. The van der Waals surface area contributed by atoms with Gasteiger partial charge in [-0.2, -0.15) is 5.10 Å². The summed E-state index contributed by atoms with van der Waals surface area (Å²) in [5.41, 5.74) is 6.72. The number of nitrogens with zero attached hydrogens (tertiary/aromatic N) is 5. The van der Waals surface area contributed by atoms with Crippen LogP contribution >= 0.6 is 22.9 Å². The molecule has 0 aliphatic heterocycles. The van der Waals surface area contributed by atoms with Gasteiger partial charge in [0.05, 0.1) is 39.1 Å². The zero-order valence-electron chi connectivity index (χ0n) is 19.3. The van der Waals surface area contributed by atoms with E-state index >= 15 is 0 Å². The number of H-pyrrole nitrogens is 2. The minimum Gasteiger partial charge on any atom is -0.335 e. The van der Waals surface area contributed by atoms with Gasteiger partial charge in [0, 0.05) is 34.3 Å². The van der Waals surface area contributed by atoms with Crippen LogP contribution < -0.4 is 5.32 Å². The predicted molar refractivity (Wildman–Crippen MR) is 144 cm³/mol. The maximum Gasteiger partial charge on any atom is 0.227 e. The fourth-order valence-electron chi connectivity index (χ4n) is 4.47. The van der Waals surface area contributed by atoms with Gasteiger partial charge in [0.1, 0.15) is 11.0 Å². The van der Waals surface area contributed by atoms with Crippen molar-refractivity contribution in [3.05, 3.63) is 59.5 Å². The van der Waals surface area contributed by atoms with E-state index in [1.165, 1.54) is 11.3 Å². The van der Waals surface area contributed by atoms with Crippen LogP contribution in [0.3, 0.4) is 0 Å². The van der Waals surface area contributed by atoms with Crippen molar-refractivity contribution in [3.63, 3.8) is 0 Å². The first kappa shape index (κ1) is 22.1. The number of hydrogen-bond acceptors (Lipinski definition) is 7. The Bertz CT molecular complexity index is 1800. The van der Waals surface area contributed by atoms with Crippen molar-refractivity contribution < 1.29 is 4.79 Å². The molecule has 6 aromatic rings. The monoisotopic (exact) mass is 526 g/mol. The highest BCUT2D eigenvalue weighted by Crippen LogP contribution is 2.36. The fraction of sp³-hybridized carbons (Fsp3) is 0.154. The molecular formula is C26H19ClN8OS. The van der Waals surface area contributed by atoms with Crippen LogP contribution in [0.25, 0.3) is 55.3 Å². The molecule has 6 heterocycles. The van der Waals surface area contributed by atoms with Crippen LogP contribution in [0.2, 0.25) is 4.34 Å². The second-order valence-corrected chi connectivity index (χ2v) is 10.7. The normalized spacial score (nSPS) is 13.8. The van der Waals surface area contributed by atoms with E-state index in [4.69, 9.17) is 21.6 Å². The van der Waals surface area contributed by atoms with E-state index in [9.17, 15) is 4.79 Å². The van der Waals surface area contributed by atoms with Gasteiger partial charge in [0.15, 0.2) is 11.5 Å². The zero-order chi connectivity index (χ0) is 24.9. The molecular weight excluding hydrogens is 508 g/mol. The van der Waals surface area contributed by atoms with E-state index in [2.05, 4.69) is 30.5 Å². The number of carbonyl (C=O) groups excluding carboxylic acids is 1. The summed E-state index contributed by atoms with van der Waals surface area (Å²) >= 11 is 7.64. The van der Waals surface area contributed by atoms with Gasteiger partial charge in [0.25, 0.3) is 0 Å². The lowest BCUT2D eigenvalue weighted by Gasteiger charge is -2.24. The molecule has 0 radical (unpaired) electrons. The molecule has 1 fully saturated rings. The number of carbonyl (C=O) groups is 1. The molecule has 0 bridgehead atoms. The molecule has 9 nitrogen and oxygen atoms in total. The van der Waals surface area contributed by atoms with E-state index < -0.39 is 0 Å². The number of amides is 1. The highest BCUT2D eigenvalue weighted by molar-refractivity contribution is 7.19. The van der Waals surface area contributed by atoms with Crippen molar-refractivity contribution >= 4 is 56.6 Å². The van der Waals surface area contributed by atoms with Gasteiger partial charge in [-0.1, -0.05) is 18.0 Å². The van der Waals surface area contributed by atoms with Gasteiger partial charge in [-0.3, -0.25) is 19.9 Å². The highest BCUT2D eigenvalue weighted by atomic mass is 35.5. The summed E-state index contributed by atoms with van der Waals surface area (Å²) in [6.45, 7) is 0. The Labute approximate surface area is 219 Å². The second-order valence-electron chi connectivity index (χ2n) is 9.02. The van der Waals surface area contributed by atoms with Crippen LogP contribution in [0.4, 0.5) is 5.69 Å². The topological polar surface area (TPSA) is 125 Å². The number of rotatable bonds is 5. The Morgan fingerprint density at radius 1 is 1.00 bits per heavy atom. The summed E-state index contributed by atoms with van der Waals surface area (Å²) in [4.78, 5) is 35.1. The summed E-state index contributed by atoms with van der Waals surface area (Å²) < 4.78 is 0.707. The number of anilines is 1. The van der Waals surface area contributed by atoms with E-state index in [1.54, 1.807) is 24.8 Å². The molecule has 0 spiro atoms. The third kappa shape index (κ3) is 3.94. The van der Waals surface area contributed by atoms with Crippen molar-refractivity contribution in [2.24, 2.45) is 5.92 Å². The zero-order valence-corrected chi connectivity index (χ0v) is 20.9. The Kier molecular flexibility index (Phi) is 5.22. The molecule has 1 aliphatic carbocycles. The Morgan fingerprint density at radius 2 is 1.89 bits per heavy atom. The van der Waals surface area contributed by atoms with E-state index in [1.807, 2.05) is 30.3 Å². The van der Waals surface area contributed by atoms with Gasteiger partial charge in [-0.25, -0.2) is 9.97 Å². The summed E-state index contributed by atoms with van der Waals surface area (Å²) in [6, 6.07) is 9.55. The predicted octanol–water partition coefficient (Wildman–Crippen LogP) is 6.08. The number of aromatic amines is 2. The minimum absolute atomic E-state index is 0.0503. The molecule has 0 aromatic carbocycles. The molecule has 1 aliphatic rings. The lowest BCUT2D eigenvalue weighted by molar-refractivity contribution is -0.122. The SMILES string of the molecule is O=C(Nc1cncc(-c2ccc3[nH]nc(-c4nc5c(-c6ccc(Cl)s6)cncc5[nH]4)c3n2)c1)C1CCC1. The fourth-order valence-corrected chi connectivity index (χ4v) is 5.53. The Hall–Kier alpha value is -4.15. The summed E-state index contributed by atoms with van der Waals surface area (Å²) in [5.74, 6) is 0.736. The summed E-state index contributed by atoms with van der Waals surface area (Å²) in [7, 11) is 0. The first-order chi connectivity index (χ1) is 18.1. The number of aromatic nitrogens is 7. The quantitative estimate of drug-likeness (QED) is 0.250. The van der Waals surface area contributed by atoms with Crippen LogP contribution in [-0.4, -0.2) is 41.0 Å². The molecule has 0 saturated heterocycles. The molecule has 11 heteroatoms. The number of hydrogen-bond donors (Lipinski definition) is 3. The molecule has 3 N–H and O–H groups in total. The third-order valence-electron chi connectivity index (χ3n) is 6.64. The van der Waals surface area contributed by atoms with Crippen molar-refractivity contribution in [1.82, 2.24) is 35.1 Å². The second kappa shape index (κ2) is 8.75. The number of imidazole rings is 1. The molecule has 6 aromatic heterocycles. The highest BCUT2D eigenvalue weighted by Gasteiger charge is 2.25. The van der Waals surface area contributed by atoms with Gasteiger partial charge < -0.3 is 10.3 Å². The van der Waals surface area contributed by atoms with Gasteiger partial charge in [-0.05, 0) is 43.2 Å². The van der Waals surface area contributed by atoms with E-state index in [0.717, 1.165) is 51.8 Å². The maximum atomic E-state index is 12.4. The van der Waals surface area contributed by atoms with Crippen molar-refractivity contribution in [2.75, 3.05) is 5.32 Å². The van der Waals surface area contributed by atoms with E-state index in [-0.39, 0.29) is 11.8 Å². The Balaban J connectivity index is 1.26. The average molecular weight is 527 g/mol. The lowest BCUT2D eigenvalue weighted by atomic mass is 9.85. The standard InChI is InChI=1S/C26H19ClN8OS/c27-21-7-6-20(37-21)16-11-29-12-19-22(16)33-25(32-19)24-23-18(34-35-24)5-4-17(31-23)14-8-15(10-28-9-14)30-26(36)13-2-1-3-13/h4-13H,1-3H2,(H,30,36)(H,32,33)(H,34,35). The van der Waals surface area contributed by atoms with Crippen LogP contribution in [-0.2, 0) is 4.79 Å². The van der Waals surface area contributed by atoms with Crippen molar-refractivity contribution in [3.8, 4) is 33.2 Å². The minimum atomic E-state index is 0.0503. The van der Waals surface area contributed by atoms with Crippen molar-refractivity contribution in [2.45, 2.75) is 19.3 Å². The number of thiophene rings is 1. The molecule has 37 heavy (non-hydrogen) atoms. The summed E-state index contributed by atoms with van der Waals surface area (Å²) in [5, 5.41) is 10.5. The van der Waals surface area contributed by atoms with Gasteiger partial charge >= 0.3 is 0 Å². The molecule has 7 rings (SSSR count). The molecule has 182 valence electrons. The molecule has 1 saturated carbocycles. The number of nitrogens with one attached hydrogen (secondary N) is 3. The van der Waals surface area contributed by atoms with Gasteiger partial charge in [0.2, 0.25) is 5.91 Å². The molecule has 0 unspecified atom stereocenters. The largest absolute Gasteiger partial charge is 0.335 e. The number of pyridine rings is 3. The summed E-state index contributed by atoms with van der Waals surface area (Å²) in [6.07, 6.45) is 9.92. The third-order valence-corrected chi connectivity index (χ3v) is 7.91. The van der Waals surface area contributed by atoms with Crippen LogP contribution in [0.5, 0.6) is 0 Å². The van der Waals surface area contributed by atoms with Gasteiger partial charge in [-0.15, -0.1) is 11.3 Å². The molecule has 1 amide bonds. The smallest absolute Gasteiger partial charge is 0.227 e. The average Bonchev–Trinajstić information content (AvgIpc) is 3.60. The van der Waals surface area contributed by atoms with Crippen molar-refractivity contribution in [1.29, 1.82) is 0 Å². The van der Waals surface area contributed by atoms with E-state index in [0.29, 0.717) is 32.8 Å². The number of halogens is 1. The van der Waals surface area contributed by atoms with Crippen LogP contribution in [0, 0.1) is 5.92 Å². The first-order valence-electron chi connectivity index (χ1n) is 11.8. The Morgan fingerprint density at radius 3 is 2.70 bits per heavy atom. The number of fused-ring (bicyclic) bond motifs is 2.